The summed E-state index contributed by atoms with van der Waals surface area (Å²) in [5.74, 6) is -1.59. The van der Waals surface area contributed by atoms with Gasteiger partial charge in [-0.05, 0) is 26.0 Å². The number of ether oxygens (including phenoxy) is 1. The molecule has 2 N–H and O–H groups in total. The number of hydrogen-bond donors (Lipinski definition) is 2. The van der Waals surface area contributed by atoms with Crippen molar-refractivity contribution in [3.05, 3.63) is 29.2 Å². The fourth-order valence-corrected chi connectivity index (χ4v) is 3.78. The lowest BCUT2D eigenvalue weighted by Gasteiger charge is -2.13. The fourth-order valence-electron chi connectivity index (χ4n) is 2.35. The van der Waals surface area contributed by atoms with Gasteiger partial charge in [0.2, 0.25) is 0 Å². The molecule has 130 valence electrons. The van der Waals surface area contributed by atoms with E-state index in [0.29, 0.717) is 15.6 Å². The Morgan fingerprint density at radius 1 is 1.48 bits per heavy atom. The molecule has 9 heteroatoms. The van der Waals surface area contributed by atoms with Crippen LogP contribution in [0.25, 0.3) is 20.3 Å². The Bertz CT molecular complexity index is 988. The van der Waals surface area contributed by atoms with Crippen LogP contribution < -0.4 is 5.32 Å². The summed E-state index contributed by atoms with van der Waals surface area (Å²) >= 11 is 7.48. The van der Waals surface area contributed by atoms with Gasteiger partial charge in [-0.25, -0.2) is 9.78 Å². The number of aromatic hydroxyl groups is 1. The Morgan fingerprint density at radius 2 is 2.24 bits per heavy atom. The average molecular weight is 380 g/mol. The molecule has 3 rings (SSSR count). The maximum absolute atomic E-state index is 12.4. The van der Waals surface area contributed by atoms with Crippen LogP contribution in [0.2, 0.25) is 5.15 Å². The van der Waals surface area contributed by atoms with Gasteiger partial charge in [0, 0.05) is 6.20 Å². The van der Waals surface area contributed by atoms with E-state index in [2.05, 4.69) is 15.3 Å². The van der Waals surface area contributed by atoms with Crippen molar-refractivity contribution in [1.82, 2.24) is 15.3 Å². The first-order valence-corrected chi connectivity index (χ1v) is 8.66. The lowest BCUT2D eigenvalue weighted by atomic mass is 10.2. The highest BCUT2D eigenvalue weighted by Gasteiger charge is 2.25. The van der Waals surface area contributed by atoms with Gasteiger partial charge in [0.15, 0.2) is 11.4 Å². The van der Waals surface area contributed by atoms with Gasteiger partial charge in [0.25, 0.3) is 5.91 Å². The van der Waals surface area contributed by atoms with Crippen LogP contribution in [0, 0.1) is 0 Å². The molecule has 3 aromatic rings. The van der Waals surface area contributed by atoms with Crippen molar-refractivity contribution < 1.29 is 19.4 Å². The minimum absolute atomic E-state index is 0.0617. The van der Waals surface area contributed by atoms with Gasteiger partial charge >= 0.3 is 5.97 Å². The van der Waals surface area contributed by atoms with E-state index < -0.39 is 17.9 Å². The third-order valence-electron chi connectivity index (χ3n) is 3.51. The first kappa shape index (κ1) is 17.4. The Morgan fingerprint density at radius 3 is 2.96 bits per heavy atom. The second-order valence-corrected chi connectivity index (χ2v) is 6.61. The summed E-state index contributed by atoms with van der Waals surface area (Å²) in [4.78, 5) is 32.3. The van der Waals surface area contributed by atoms with Gasteiger partial charge in [0.1, 0.15) is 11.2 Å². The number of halogens is 1. The Labute approximate surface area is 151 Å². The number of rotatable bonds is 4. The molecule has 0 aliphatic heterocycles. The highest BCUT2D eigenvalue weighted by Crippen LogP contribution is 2.42. The molecule has 0 bridgehead atoms. The summed E-state index contributed by atoms with van der Waals surface area (Å²) in [6, 6.07) is 2.72. The number of carbonyl (C=O) groups excluding carboxylic acids is 2. The minimum Gasteiger partial charge on any atom is -0.504 e. The number of carbonyl (C=O) groups is 2. The van der Waals surface area contributed by atoms with E-state index in [0.717, 1.165) is 4.70 Å². The number of thiophene rings is 1. The first-order valence-electron chi connectivity index (χ1n) is 7.47. The quantitative estimate of drug-likeness (QED) is 0.534. The van der Waals surface area contributed by atoms with E-state index in [-0.39, 0.29) is 23.2 Å². The highest BCUT2D eigenvalue weighted by molar-refractivity contribution is 7.26. The summed E-state index contributed by atoms with van der Waals surface area (Å²) < 4.78 is 6.07. The fraction of sp³-hybridized carbons (Fsp3) is 0.250. The minimum atomic E-state index is -0.882. The Kier molecular flexibility index (Phi) is 4.73. The molecule has 7 nitrogen and oxygen atoms in total. The molecule has 25 heavy (non-hydrogen) atoms. The third kappa shape index (κ3) is 3.10. The molecule has 0 unspecified atom stereocenters. The predicted molar refractivity (Wildman–Crippen MR) is 95.2 cm³/mol. The molecule has 0 spiro atoms. The first-order chi connectivity index (χ1) is 11.9. The molecule has 0 aliphatic rings. The van der Waals surface area contributed by atoms with Crippen LogP contribution in [0.15, 0.2) is 18.3 Å². The molecular formula is C16H14ClN3O4S. The molecule has 0 aromatic carbocycles. The molecule has 0 aliphatic carbocycles. The van der Waals surface area contributed by atoms with Crippen LogP contribution in [0.3, 0.4) is 0 Å². The lowest BCUT2D eigenvalue weighted by molar-refractivity contribution is -0.144. The smallest absolute Gasteiger partial charge is 0.328 e. The Hall–Kier alpha value is -2.45. The topological polar surface area (TPSA) is 101 Å². The largest absolute Gasteiger partial charge is 0.504 e. The Balaban J connectivity index is 2.02. The lowest BCUT2D eigenvalue weighted by Crippen LogP contribution is -2.39. The van der Waals surface area contributed by atoms with E-state index in [4.69, 9.17) is 16.3 Å². The molecule has 0 radical (unpaired) electrons. The molecule has 3 aromatic heterocycles. The van der Waals surface area contributed by atoms with Gasteiger partial charge in [-0.3, -0.25) is 9.78 Å². The van der Waals surface area contributed by atoms with Crippen molar-refractivity contribution in [2.75, 3.05) is 6.61 Å². The third-order valence-corrected chi connectivity index (χ3v) is 4.93. The average Bonchev–Trinajstić information content (AvgIpc) is 2.98. The van der Waals surface area contributed by atoms with E-state index in [9.17, 15) is 14.7 Å². The zero-order valence-corrected chi connectivity index (χ0v) is 14.9. The van der Waals surface area contributed by atoms with E-state index in [1.807, 2.05) is 6.07 Å². The highest BCUT2D eigenvalue weighted by atomic mass is 35.5. The molecule has 0 saturated heterocycles. The van der Waals surface area contributed by atoms with Crippen LogP contribution >= 0.6 is 22.9 Å². The second-order valence-electron chi connectivity index (χ2n) is 5.20. The van der Waals surface area contributed by atoms with Crippen LogP contribution in [0.5, 0.6) is 5.75 Å². The van der Waals surface area contributed by atoms with Gasteiger partial charge in [-0.2, -0.15) is 0 Å². The summed E-state index contributed by atoms with van der Waals surface area (Å²) in [5, 5.41) is 13.5. The maximum atomic E-state index is 12.4. The molecule has 0 fully saturated rings. The number of esters is 1. The number of nitrogens with zero attached hydrogens (tertiary/aromatic N) is 2. The van der Waals surface area contributed by atoms with Crippen LogP contribution in [-0.4, -0.2) is 39.6 Å². The van der Waals surface area contributed by atoms with Crippen molar-refractivity contribution in [1.29, 1.82) is 0 Å². The SMILES string of the molecule is CCOC(=O)[C@H](C)NC(=O)c1nc(Cl)c2c(sc3cccnc32)c1O. The molecule has 1 amide bonds. The van der Waals surface area contributed by atoms with Crippen LogP contribution in [-0.2, 0) is 9.53 Å². The summed E-state index contributed by atoms with van der Waals surface area (Å²) in [7, 11) is 0. The predicted octanol–water partition coefficient (Wildman–Crippen LogP) is 2.88. The van der Waals surface area contributed by atoms with Crippen molar-refractivity contribution in [3.8, 4) is 5.75 Å². The summed E-state index contributed by atoms with van der Waals surface area (Å²) in [6.07, 6.45) is 1.61. The van der Waals surface area contributed by atoms with E-state index in [1.165, 1.54) is 18.3 Å². The normalized spacial score (nSPS) is 12.3. The standard InChI is InChI=1S/C16H14ClN3O4S/c1-3-24-16(23)7(2)19-15(22)11-12(21)13-9(14(17)20-11)10-8(25-13)5-4-6-18-10/h4-7,21H,3H2,1-2H3,(H,19,22)/t7-/m0/s1. The van der Waals surface area contributed by atoms with Crippen molar-refractivity contribution in [3.63, 3.8) is 0 Å². The van der Waals surface area contributed by atoms with Gasteiger partial charge in [-0.1, -0.05) is 11.6 Å². The second kappa shape index (κ2) is 6.81. The van der Waals surface area contributed by atoms with Crippen molar-refractivity contribution >= 4 is 55.1 Å². The van der Waals surface area contributed by atoms with Gasteiger partial charge < -0.3 is 15.2 Å². The van der Waals surface area contributed by atoms with E-state index in [1.54, 1.807) is 19.2 Å². The molecular weight excluding hydrogens is 366 g/mol. The number of pyridine rings is 2. The monoisotopic (exact) mass is 379 g/mol. The molecule has 3 heterocycles. The summed E-state index contributed by atoms with van der Waals surface area (Å²) in [6.45, 7) is 3.36. The van der Waals surface area contributed by atoms with Crippen LogP contribution in [0.4, 0.5) is 0 Å². The van der Waals surface area contributed by atoms with Gasteiger partial charge in [0.05, 0.1) is 26.9 Å². The maximum Gasteiger partial charge on any atom is 0.328 e. The van der Waals surface area contributed by atoms with Crippen molar-refractivity contribution in [2.24, 2.45) is 0 Å². The number of hydrogen-bond acceptors (Lipinski definition) is 7. The van der Waals surface area contributed by atoms with Crippen molar-refractivity contribution in [2.45, 2.75) is 19.9 Å². The number of fused-ring (bicyclic) bond motifs is 3. The molecule has 1 atom stereocenters. The van der Waals surface area contributed by atoms with Crippen LogP contribution in [0.1, 0.15) is 24.3 Å². The number of amides is 1. The molecule has 0 saturated carbocycles. The van der Waals surface area contributed by atoms with Gasteiger partial charge in [-0.15, -0.1) is 11.3 Å². The van der Waals surface area contributed by atoms with E-state index >= 15 is 0 Å². The zero-order chi connectivity index (χ0) is 18.1. The zero-order valence-electron chi connectivity index (χ0n) is 13.4. The number of aromatic nitrogens is 2. The number of nitrogens with one attached hydrogen (secondary N) is 1. The summed E-state index contributed by atoms with van der Waals surface area (Å²) in [5.41, 5.74) is 0.363.